The molecule has 2 aromatic carbocycles. The van der Waals surface area contributed by atoms with Crippen molar-refractivity contribution < 1.29 is 5.11 Å². The molecule has 0 aliphatic carbocycles. The molecule has 122 valence electrons. The maximum atomic E-state index is 9.43. The van der Waals surface area contributed by atoms with Crippen LogP contribution in [0.5, 0.6) is 0 Å². The Labute approximate surface area is 139 Å². The topological polar surface area (TPSA) is 26.7 Å². The molecule has 1 atom stereocenters. The first-order chi connectivity index (χ1) is 11.3. The lowest BCUT2D eigenvalue weighted by molar-refractivity contribution is 0.0500. The number of hydrogen-bond acceptors (Lipinski definition) is 3. The third-order valence-corrected chi connectivity index (χ3v) is 4.63. The summed E-state index contributed by atoms with van der Waals surface area (Å²) >= 11 is 0. The highest BCUT2D eigenvalue weighted by atomic mass is 16.3. The first kappa shape index (κ1) is 16.2. The van der Waals surface area contributed by atoms with Gasteiger partial charge in [-0.3, -0.25) is 9.80 Å². The molecule has 3 heteroatoms. The first-order valence-corrected chi connectivity index (χ1v) is 8.50. The van der Waals surface area contributed by atoms with Gasteiger partial charge in [0.25, 0.3) is 0 Å². The van der Waals surface area contributed by atoms with E-state index in [-0.39, 0.29) is 6.61 Å². The van der Waals surface area contributed by atoms with E-state index in [1.807, 2.05) is 0 Å². The summed E-state index contributed by atoms with van der Waals surface area (Å²) in [6, 6.07) is 21.7. The molecule has 23 heavy (non-hydrogen) atoms. The molecule has 1 heterocycles. The van der Waals surface area contributed by atoms with E-state index in [1.165, 1.54) is 11.1 Å². The number of rotatable bonds is 6. The number of nitrogens with zero attached hydrogens (tertiary/aromatic N) is 2. The number of aliphatic hydroxyl groups excluding tert-OH is 1. The molecule has 0 saturated carbocycles. The van der Waals surface area contributed by atoms with Crippen molar-refractivity contribution in [3.05, 3.63) is 71.8 Å². The summed E-state index contributed by atoms with van der Waals surface area (Å²) in [5.74, 6) is 0. The summed E-state index contributed by atoms with van der Waals surface area (Å²) in [6.45, 7) is 5.42. The van der Waals surface area contributed by atoms with Gasteiger partial charge in [0.2, 0.25) is 0 Å². The van der Waals surface area contributed by atoms with E-state index in [4.69, 9.17) is 0 Å². The van der Waals surface area contributed by atoms with Crippen LogP contribution in [0.4, 0.5) is 0 Å². The molecular formula is C20H26N2O. The van der Waals surface area contributed by atoms with Crippen LogP contribution >= 0.6 is 0 Å². The number of hydrogen-bond donors (Lipinski definition) is 1. The molecule has 2 aromatic rings. The quantitative estimate of drug-likeness (QED) is 0.889. The standard InChI is InChI=1S/C20H26N2O/c23-14-11-20-17-21(15-18-7-3-1-4-8-18)12-13-22(20)16-19-9-5-2-6-10-19/h1-10,20,23H,11-17H2. The zero-order valence-electron chi connectivity index (χ0n) is 13.6. The van der Waals surface area contributed by atoms with Crippen LogP contribution in [0.3, 0.4) is 0 Å². The van der Waals surface area contributed by atoms with Crippen LogP contribution in [-0.2, 0) is 13.1 Å². The molecule has 0 bridgehead atoms. The molecule has 1 fully saturated rings. The average Bonchev–Trinajstić information content (AvgIpc) is 2.59. The molecule has 0 amide bonds. The fourth-order valence-electron chi connectivity index (χ4n) is 3.39. The van der Waals surface area contributed by atoms with Crippen LogP contribution in [-0.4, -0.2) is 47.2 Å². The SMILES string of the molecule is OCCC1CN(Cc2ccccc2)CCN1Cc1ccccc1. The maximum Gasteiger partial charge on any atom is 0.0446 e. The van der Waals surface area contributed by atoms with Crippen LogP contribution in [0.1, 0.15) is 17.5 Å². The lowest BCUT2D eigenvalue weighted by Crippen LogP contribution is -2.52. The van der Waals surface area contributed by atoms with Gasteiger partial charge in [0, 0.05) is 45.4 Å². The molecule has 1 N–H and O–H groups in total. The Morgan fingerprint density at radius 3 is 2.04 bits per heavy atom. The Balaban J connectivity index is 1.61. The van der Waals surface area contributed by atoms with Crippen LogP contribution in [0.2, 0.25) is 0 Å². The fraction of sp³-hybridized carbons (Fsp3) is 0.400. The Hall–Kier alpha value is -1.68. The molecule has 3 nitrogen and oxygen atoms in total. The third-order valence-electron chi connectivity index (χ3n) is 4.63. The maximum absolute atomic E-state index is 9.43. The molecule has 1 aliphatic heterocycles. The van der Waals surface area contributed by atoms with Gasteiger partial charge in [-0.05, 0) is 17.5 Å². The number of benzene rings is 2. The van der Waals surface area contributed by atoms with Gasteiger partial charge in [-0.25, -0.2) is 0 Å². The molecule has 1 aliphatic rings. The predicted octanol–water partition coefficient (Wildman–Crippen LogP) is 2.76. The Morgan fingerprint density at radius 1 is 0.826 bits per heavy atom. The monoisotopic (exact) mass is 310 g/mol. The lowest BCUT2D eigenvalue weighted by atomic mass is 10.1. The van der Waals surface area contributed by atoms with E-state index in [2.05, 4.69) is 70.5 Å². The minimum absolute atomic E-state index is 0.259. The lowest BCUT2D eigenvalue weighted by Gasteiger charge is -2.41. The van der Waals surface area contributed by atoms with E-state index >= 15 is 0 Å². The second-order valence-electron chi connectivity index (χ2n) is 6.34. The fourth-order valence-corrected chi connectivity index (χ4v) is 3.39. The van der Waals surface area contributed by atoms with Crippen LogP contribution in [0.25, 0.3) is 0 Å². The zero-order chi connectivity index (χ0) is 15.9. The molecule has 3 rings (SSSR count). The minimum Gasteiger partial charge on any atom is -0.396 e. The Morgan fingerprint density at radius 2 is 1.43 bits per heavy atom. The van der Waals surface area contributed by atoms with Crippen molar-refractivity contribution in [1.29, 1.82) is 0 Å². The largest absolute Gasteiger partial charge is 0.396 e. The molecule has 0 spiro atoms. The van der Waals surface area contributed by atoms with Crippen molar-refractivity contribution in [2.45, 2.75) is 25.6 Å². The van der Waals surface area contributed by atoms with E-state index in [0.29, 0.717) is 6.04 Å². The molecule has 1 saturated heterocycles. The molecule has 1 unspecified atom stereocenters. The normalized spacial score (nSPS) is 19.8. The van der Waals surface area contributed by atoms with Gasteiger partial charge in [-0.15, -0.1) is 0 Å². The summed E-state index contributed by atoms with van der Waals surface area (Å²) in [7, 11) is 0. The summed E-state index contributed by atoms with van der Waals surface area (Å²) < 4.78 is 0. The van der Waals surface area contributed by atoms with Crippen LogP contribution in [0.15, 0.2) is 60.7 Å². The number of aliphatic hydroxyl groups is 1. The van der Waals surface area contributed by atoms with Crippen molar-refractivity contribution in [2.24, 2.45) is 0 Å². The van der Waals surface area contributed by atoms with Crippen molar-refractivity contribution in [3.8, 4) is 0 Å². The summed E-state index contributed by atoms with van der Waals surface area (Å²) in [6.07, 6.45) is 0.845. The summed E-state index contributed by atoms with van der Waals surface area (Å²) in [5.41, 5.74) is 2.72. The van der Waals surface area contributed by atoms with Gasteiger partial charge in [-0.1, -0.05) is 60.7 Å². The van der Waals surface area contributed by atoms with E-state index < -0.39 is 0 Å². The van der Waals surface area contributed by atoms with Gasteiger partial charge < -0.3 is 5.11 Å². The van der Waals surface area contributed by atoms with Crippen LogP contribution < -0.4 is 0 Å². The zero-order valence-corrected chi connectivity index (χ0v) is 13.6. The van der Waals surface area contributed by atoms with Crippen molar-refractivity contribution >= 4 is 0 Å². The molecule has 0 radical (unpaired) electrons. The van der Waals surface area contributed by atoms with Gasteiger partial charge in [0.05, 0.1) is 0 Å². The minimum atomic E-state index is 0.259. The first-order valence-electron chi connectivity index (χ1n) is 8.50. The van der Waals surface area contributed by atoms with E-state index in [1.54, 1.807) is 0 Å². The second-order valence-corrected chi connectivity index (χ2v) is 6.34. The average molecular weight is 310 g/mol. The van der Waals surface area contributed by atoms with Crippen LogP contribution in [0, 0.1) is 0 Å². The van der Waals surface area contributed by atoms with Gasteiger partial charge in [0.1, 0.15) is 0 Å². The Bertz CT molecular complexity index is 573. The Kier molecular flexibility index (Phi) is 5.81. The molecule has 0 aromatic heterocycles. The van der Waals surface area contributed by atoms with Crippen molar-refractivity contribution in [3.63, 3.8) is 0 Å². The summed E-state index contributed by atoms with van der Waals surface area (Å²) in [5, 5.41) is 9.43. The van der Waals surface area contributed by atoms with Gasteiger partial charge in [0.15, 0.2) is 0 Å². The number of piperazine rings is 1. The highest BCUT2D eigenvalue weighted by Crippen LogP contribution is 2.18. The highest BCUT2D eigenvalue weighted by molar-refractivity contribution is 5.16. The predicted molar refractivity (Wildman–Crippen MR) is 94.1 cm³/mol. The third kappa shape index (κ3) is 4.64. The van der Waals surface area contributed by atoms with Gasteiger partial charge >= 0.3 is 0 Å². The smallest absolute Gasteiger partial charge is 0.0446 e. The van der Waals surface area contributed by atoms with E-state index in [0.717, 1.165) is 39.1 Å². The summed E-state index contributed by atoms with van der Waals surface area (Å²) in [4.78, 5) is 5.03. The highest BCUT2D eigenvalue weighted by Gasteiger charge is 2.26. The second kappa shape index (κ2) is 8.25. The molecular weight excluding hydrogens is 284 g/mol. The van der Waals surface area contributed by atoms with Gasteiger partial charge in [-0.2, -0.15) is 0 Å². The van der Waals surface area contributed by atoms with Crippen molar-refractivity contribution in [1.82, 2.24) is 9.80 Å². The van der Waals surface area contributed by atoms with Crippen molar-refractivity contribution in [2.75, 3.05) is 26.2 Å². The van der Waals surface area contributed by atoms with E-state index in [9.17, 15) is 5.11 Å².